The minimum absolute atomic E-state index is 0.00544. The number of nitriles is 1. The number of hydrogen-bond donors (Lipinski definition) is 1. The molecule has 2 aliphatic carbocycles. The number of likely N-dealkylation sites (tertiary alicyclic amines) is 1. The molecule has 282 valence electrons. The standard InChI is InChI=1S/C40H38Cl2FN9O3/c1-20-27-15-32(31-14-25(19-50(31)39(53)21-7-8-21)51-18-24(47-48-51)17-49-10-11-55-40(49)54)52(37-23-13-30(37)45-16-23)38(27)28-12-22(4-3-9-44)33(35(43)36(28)46-20)26-5-2-6-29(41)34(26)42/h2,5-6,12,15,18,21,23,25,30-31,37,45H,3-4,7-8,10-11,13-14,16-17,19H2,1H3/t23-,25+,30-,31-,37+/m1/s1. The Labute approximate surface area is 326 Å². The topological polar surface area (TPSA) is 134 Å². The summed E-state index contributed by atoms with van der Waals surface area (Å²) >= 11 is 13.1. The van der Waals surface area contributed by atoms with Gasteiger partial charge in [0.2, 0.25) is 5.91 Å². The average molecular weight is 783 g/mol. The van der Waals surface area contributed by atoms with E-state index >= 15 is 4.39 Å². The zero-order valence-corrected chi connectivity index (χ0v) is 31.7. The van der Waals surface area contributed by atoms with E-state index in [-0.39, 0.29) is 59.0 Å². The minimum Gasteiger partial charge on any atom is -0.448 e. The molecule has 15 heteroatoms. The van der Waals surface area contributed by atoms with E-state index < -0.39 is 5.82 Å². The van der Waals surface area contributed by atoms with E-state index in [1.54, 1.807) is 23.1 Å². The van der Waals surface area contributed by atoms with Gasteiger partial charge in [0.15, 0.2) is 5.82 Å². The van der Waals surface area contributed by atoms with Crippen LogP contribution in [0, 0.1) is 35.9 Å². The summed E-state index contributed by atoms with van der Waals surface area (Å²) in [5, 5.41) is 24.4. The molecule has 11 rings (SSSR count). The van der Waals surface area contributed by atoms with Gasteiger partial charge in [0.25, 0.3) is 0 Å². The van der Waals surface area contributed by atoms with Crippen LogP contribution >= 0.6 is 23.2 Å². The fourth-order valence-corrected chi connectivity index (χ4v) is 9.92. The van der Waals surface area contributed by atoms with Crippen LogP contribution in [0.5, 0.6) is 0 Å². The molecule has 4 saturated heterocycles. The van der Waals surface area contributed by atoms with Crippen LogP contribution in [0.4, 0.5) is 9.18 Å². The quantitative estimate of drug-likeness (QED) is 0.168. The number of amides is 2. The van der Waals surface area contributed by atoms with Gasteiger partial charge in [0, 0.05) is 64.8 Å². The fraction of sp³-hybridized carbons (Fsp3) is 0.450. The molecule has 2 amide bonds. The van der Waals surface area contributed by atoms with Gasteiger partial charge >= 0.3 is 6.09 Å². The molecule has 1 N–H and O–H groups in total. The summed E-state index contributed by atoms with van der Waals surface area (Å²) in [6, 6.07) is 11.5. The highest BCUT2D eigenvalue weighted by Crippen LogP contribution is 2.52. The Morgan fingerprint density at radius 3 is 2.76 bits per heavy atom. The average Bonchev–Trinajstić information content (AvgIpc) is 3.79. The number of ether oxygens (including phenoxy) is 1. The van der Waals surface area contributed by atoms with E-state index in [0.717, 1.165) is 42.4 Å². The Morgan fingerprint density at radius 2 is 2.04 bits per heavy atom. The summed E-state index contributed by atoms with van der Waals surface area (Å²) < 4.78 is 26.6. The third kappa shape index (κ3) is 5.58. The first-order chi connectivity index (χ1) is 26.7. The van der Waals surface area contributed by atoms with E-state index in [4.69, 9.17) is 32.9 Å². The van der Waals surface area contributed by atoms with Gasteiger partial charge in [0.1, 0.15) is 17.8 Å². The molecule has 55 heavy (non-hydrogen) atoms. The monoisotopic (exact) mass is 781 g/mol. The second-order valence-corrected chi connectivity index (χ2v) is 16.5. The number of aromatic nitrogens is 5. The van der Waals surface area contributed by atoms with Gasteiger partial charge in [0.05, 0.1) is 59.0 Å². The second-order valence-electron chi connectivity index (χ2n) is 15.7. The van der Waals surface area contributed by atoms with Crippen molar-refractivity contribution in [2.24, 2.45) is 11.8 Å². The smallest absolute Gasteiger partial charge is 0.410 e. The lowest BCUT2D eigenvalue weighted by Crippen LogP contribution is -2.41. The predicted octanol–water partition coefficient (Wildman–Crippen LogP) is 7.07. The van der Waals surface area contributed by atoms with Crippen molar-refractivity contribution in [1.29, 1.82) is 5.26 Å². The van der Waals surface area contributed by atoms with Crippen molar-refractivity contribution in [2.75, 3.05) is 26.2 Å². The Balaban J connectivity index is 1.14. The van der Waals surface area contributed by atoms with Crippen molar-refractivity contribution in [3.63, 3.8) is 0 Å². The van der Waals surface area contributed by atoms with Crippen molar-refractivity contribution >= 4 is 57.0 Å². The zero-order chi connectivity index (χ0) is 37.7. The van der Waals surface area contributed by atoms with E-state index in [0.29, 0.717) is 83.5 Å². The summed E-state index contributed by atoms with van der Waals surface area (Å²) in [4.78, 5) is 34.8. The number of aryl methyl sites for hydroxylation is 2. The number of rotatable bonds is 9. The van der Waals surface area contributed by atoms with Crippen molar-refractivity contribution in [2.45, 2.75) is 76.2 Å². The Bertz CT molecular complexity index is 2460. The molecule has 3 aromatic heterocycles. The van der Waals surface area contributed by atoms with E-state index in [1.807, 2.05) is 28.8 Å². The lowest BCUT2D eigenvalue weighted by atomic mass is 9.79. The van der Waals surface area contributed by atoms with E-state index in [9.17, 15) is 14.9 Å². The summed E-state index contributed by atoms with van der Waals surface area (Å²) in [6.07, 6.45) is 5.44. The lowest BCUT2D eigenvalue weighted by Gasteiger charge is -2.39. The molecule has 6 aliphatic rings. The van der Waals surface area contributed by atoms with Crippen LogP contribution in [0.2, 0.25) is 10.0 Å². The van der Waals surface area contributed by atoms with Crippen LogP contribution in [0.3, 0.4) is 0 Å². The first kappa shape index (κ1) is 34.7. The van der Waals surface area contributed by atoms with Gasteiger partial charge < -0.3 is 19.5 Å². The Kier molecular flexibility index (Phi) is 8.31. The van der Waals surface area contributed by atoms with E-state index in [1.165, 1.54) is 0 Å². The number of hydrogen-bond acceptors (Lipinski definition) is 8. The zero-order valence-electron chi connectivity index (χ0n) is 30.1. The van der Waals surface area contributed by atoms with Crippen LogP contribution in [-0.2, 0) is 22.5 Å². The third-order valence-corrected chi connectivity index (χ3v) is 13.2. The summed E-state index contributed by atoms with van der Waals surface area (Å²) in [5.74, 6) is 0.0344. The molecule has 6 fully saturated rings. The summed E-state index contributed by atoms with van der Waals surface area (Å²) in [6.45, 7) is 4.45. The fourth-order valence-electron chi connectivity index (χ4n) is 9.52. The maximum atomic E-state index is 17.3. The molecule has 5 atom stereocenters. The van der Waals surface area contributed by atoms with Crippen molar-refractivity contribution in [1.82, 2.24) is 39.7 Å². The number of benzene rings is 2. The van der Waals surface area contributed by atoms with Gasteiger partial charge in [-0.1, -0.05) is 40.5 Å². The first-order valence-electron chi connectivity index (χ1n) is 19.0. The highest BCUT2D eigenvalue weighted by molar-refractivity contribution is 6.43. The van der Waals surface area contributed by atoms with Gasteiger partial charge in [-0.25, -0.2) is 18.9 Å². The van der Waals surface area contributed by atoms with Crippen LogP contribution in [0.25, 0.3) is 32.9 Å². The highest BCUT2D eigenvalue weighted by Gasteiger charge is 2.51. The van der Waals surface area contributed by atoms with E-state index in [2.05, 4.69) is 32.3 Å². The number of cyclic esters (lactones) is 1. The van der Waals surface area contributed by atoms with Crippen molar-refractivity contribution in [3.8, 4) is 17.2 Å². The molecule has 12 nitrogen and oxygen atoms in total. The SMILES string of the molecule is Cc1nc2c(F)c(-c3cccc(Cl)c3Cl)c(CCC#N)cc2c2c1cc([C@H]1C[C@H](n3cc(CN4CCOC4=O)nn3)CN1C(=O)C1CC1)n2[C@H]1[C@H]2CN[C@@H]1C2. The number of carbonyl (C=O) groups excluding carboxylic acids is 2. The molecule has 0 spiro atoms. The molecule has 0 radical (unpaired) electrons. The summed E-state index contributed by atoms with van der Waals surface area (Å²) in [7, 11) is 0. The van der Waals surface area contributed by atoms with Gasteiger partial charge in [-0.2, -0.15) is 5.26 Å². The predicted molar refractivity (Wildman–Crippen MR) is 203 cm³/mol. The summed E-state index contributed by atoms with van der Waals surface area (Å²) in [5.41, 5.74) is 4.90. The molecule has 2 saturated carbocycles. The number of halogens is 3. The molecule has 0 unspecified atom stereocenters. The van der Waals surface area contributed by atoms with Crippen LogP contribution in [-0.4, -0.2) is 78.6 Å². The van der Waals surface area contributed by atoms with Crippen LogP contribution < -0.4 is 5.32 Å². The Morgan fingerprint density at radius 1 is 1.18 bits per heavy atom. The van der Waals surface area contributed by atoms with Gasteiger partial charge in [-0.05, 0) is 68.7 Å². The van der Waals surface area contributed by atoms with Gasteiger partial charge in [-0.3, -0.25) is 9.69 Å². The number of pyridine rings is 1. The first-order valence-corrected chi connectivity index (χ1v) is 19.8. The van der Waals surface area contributed by atoms with Crippen molar-refractivity contribution in [3.05, 3.63) is 75.0 Å². The Hall–Kier alpha value is -4.77. The minimum atomic E-state index is -0.501. The molecule has 2 aromatic carbocycles. The number of fused-ring (bicyclic) bond motifs is 4. The second kappa shape index (κ2) is 13.2. The number of nitrogens with zero attached hydrogens (tertiary/aromatic N) is 8. The molecule has 7 heterocycles. The molecule has 2 bridgehead atoms. The maximum absolute atomic E-state index is 17.3. The molecular formula is C40H38Cl2FN9O3. The number of nitrogens with one attached hydrogen (secondary N) is 1. The lowest BCUT2D eigenvalue weighted by molar-refractivity contribution is -0.133. The number of carbonyl (C=O) groups is 2. The van der Waals surface area contributed by atoms with Crippen LogP contribution in [0.1, 0.15) is 72.9 Å². The highest BCUT2D eigenvalue weighted by atomic mass is 35.5. The molecule has 5 aromatic rings. The largest absolute Gasteiger partial charge is 0.448 e. The molecule has 4 aliphatic heterocycles. The van der Waals surface area contributed by atoms with Gasteiger partial charge in [-0.15, -0.1) is 5.10 Å². The molecular weight excluding hydrogens is 744 g/mol. The van der Waals surface area contributed by atoms with Crippen LogP contribution in [0.15, 0.2) is 36.5 Å². The van der Waals surface area contributed by atoms with Crippen molar-refractivity contribution < 1.29 is 18.7 Å². The normalized spacial score (nSPS) is 24.6. The third-order valence-electron chi connectivity index (χ3n) is 12.4. The maximum Gasteiger partial charge on any atom is 0.410 e.